The van der Waals surface area contributed by atoms with E-state index < -0.39 is 16.8 Å². The number of pyridine rings is 1. The third kappa shape index (κ3) is 3.98. The van der Waals surface area contributed by atoms with Crippen LogP contribution in [0.15, 0.2) is 30.7 Å². The van der Waals surface area contributed by atoms with Crippen LogP contribution in [0.1, 0.15) is 45.7 Å². The lowest BCUT2D eigenvalue weighted by molar-refractivity contribution is 0.587. The van der Waals surface area contributed by atoms with E-state index in [9.17, 15) is 8.60 Å². The first kappa shape index (κ1) is 16.8. The van der Waals surface area contributed by atoms with Crippen molar-refractivity contribution in [1.29, 1.82) is 0 Å². The molecule has 0 aliphatic carbocycles. The largest absolute Gasteiger partial charge is 0.242 e. The predicted octanol–water partition coefficient (Wildman–Crippen LogP) is 2.91. The summed E-state index contributed by atoms with van der Waals surface area (Å²) in [5.74, 6) is 0.138. The molecule has 1 unspecified atom stereocenters. The summed E-state index contributed by atoms with van der Waals surface area (Å²) in [5, 5.41) is 3.88. The summed E-state index contributed by atoms with van der Waals surface area (Å²) in [4.78, 5) is 4.30. The van der Waals surface area contributed by atoms with Gasteiger partial charge in [-0.1, -0.05) is 13.0 Å². The second-order valence-electron chi connectivity index (χ2n) is 6.01. The van der Waals surface area contributed by atoms with Crippen molar-refractivity contribution in [3.63, 3.8) is 0 Å². The molecule has 0 amide bonds. The van der Waals surface area contributed by atoms with Crippen molar-refractivity contribution in [1.82, 2.24) is 19.5 Å². The first-order valence-electron chi connectivity index (χ1n) is 7.16. The monoisotopic (exact) mass is 324 g/mol. The maximum absolute atomic E-state index is 13.0. The van der Waals surface area contributed by atoms with Crippen molar-refractivity contribution in [3.05, 3.63) is 42.1 Å². The molecule has 0 aromatic carbocycles. The molecular weight excluding hydrogens is 303 g/mol. The van der Waals surface area contributed by atoms with Gasteiger partial charge < -0.3 is 0 Å². The highest BCUT2D eigenvalue weighted by Gasteiger charge is 2.23. The fraction of sp³-hybridized carbons (Fsp3) is 0.467. The van der Waals surface area contributed by atoms with Crippen LogP contribution >= 0.6 is 0 Å². The summed E-state index contributed by atoms with van der Waals surface area (Å²) in [6.07, 6.45) is 4.90. The molecule has 1 N–H and O–H groups in total. The van der Waals surface area contributed by atoms with Crippen molar-refractivity contribution in [2.24, 2.45) is 0 Å². The molecule has 22 heavy (non-hydrogen) atoms. The van der Waals surface area contributed by atoms with Gasteiger partial charge in [-0.2, -0.15) is 5.10 Å². The van der Waals surface area contributed by atoms with Crippen LogP contribution in [0.4, 0.5) is 4.39 Å². The van der Waals surface area contributed by atoms with Gasteiger partial charge in [-0.25, -0.2) is 23.0 Å². The van der Waals surface area contributed by atoms with Crippen LogP contribution in [-0.4, -0.2) is 23.7 Å². The predicted molar refractivity (Wildman–Crippen MR) is 85.4 cm³/mol. The third-order valence-electron chi connectivity index (χ3n) is 3.17. The van der Waals surface area contributed by atoms with Gasteiger partial charge >= 0.3 is 0 Å². The van der Waals surface area contributed by atoms with Gasteiger partial charge in [-0.15, -0.1) is 0 Å². The van der Waals surface area contributed by atoms with Crippen LogP contribution in [0.25, 0.3) is 5.82 Å². The second-order valence-corrected chi connectivity index (χ2v) is 8.01. The number of nitrogens with zero attached hydrogens (tertiary/aromatic N) is 3. The Bertz CT molecular complexity index is 648. The highest BCUT2D eigenvalue weighted by molar-refractivity contribution is 7.84. The number of rotatable bonds is 5. The zero-order valence-corrected chi connectivity index (χ0v) is 14.0. The van der Waals surface area contributed by atoms with Gasteiger partial charge in [-0.05, 0) is 38.8 Å². The Kier molecular flexibility index (Phi) is 5.08. The smallest absolute Gasteiger partial charge is 0.161 e. The third-order valence-corrected chi connectivity index (χ3v) is 4.78. The van der Waals surface area contributed by atoms with Crippen molar-refractivity contribution in [2.75, 3.05) is 0 Å². The summed E-state index contributed by atoms with van der Waals surface area (Å²) < 4.78 is 29.4. The molecule has 2 atom stereocenters. The molecule has 0 fully saturated rings. The lowest BCUT2D eigenvalue weighted by atomic mass is 10.1. The number of hydrogen-bond donors (Lipinski definition) is 1. The van der Waals surface area contributed by atoms with E-state index in [0.717, 1.165) is 18.2 Å². The van der Waals surface area contributed by atoms with Crippen LogP contribution < -0.4 is 4.72 Å². The highest BCUT2D eigenvalue weighted by atomic mass is 32.2. The highest BCUT2D eigenvalue weighted by Crippen LogP contribution is 2.20. The first-order valence-corrected chi connectivity index (χ1v) is 8.30. The topological polar surface area (TPSA) is 59.8 Å². The molecule has 120 valence electrons. The first-order chi connectivity index (χ1) is 10.3. The van der Waals surface area contributed by atoms with Gasteiger partial charge in [0, 0.05) is 12.2 Å². The van der Waals surface area contributed by atoms with Crippen LogP contribution in [0, 0.1) is 5.82 Å². The number of aromatic nitrogens is 3. The van der Waals surface area contributed by atoms with Crippen molar-refractivity contribution < 1.29 is 8.60 Å². The van der Waals surface area contributed by atoms with Gasteiger partial charge in [0.15, 0.2) is 11.6 Å². The van der Waals surface area contributed by atoms with E-state index in [2.05, 4.69) is 14.8 Å². The van der Waals surface area contributed by atoms with E-state index in [-0.39, 0.29) is 10.8 Å². The fourth-order valence-electron chi connectivity index (χ4n) is 1.86. The SMILES string of the molecule is CC[C@H](NS(=O)C(C)(C)C)c1ccc(-n2cc(F)cn2)nc1. The molecule has 0 radical (unpaired) electrons. The summed E-state index contributed by atoms with van der Waals surface area (Å²) >= 11 is 0. The van der Waals surface area contributed by atoms with Crippen molar-refractivity contribution in [2.45, 2.75) is 44.9 Å². The average molecular weight is 324 g/mol. The Morgan fingerprint density at radius 2 is 2.09 bits per heavy atom. The Morgan fingerprint density at radius 1 is 1.36 bits per heavy atom. The van der Waals surface area contributed by atoms with E-state index in [4.69, 9.17) is 0 Å². The molecule has 0 aliphatic heterocycles. The zero-order chi connectivity index (χ0) is 16.3. The Morgan fingerprint density at radius 3 is 2.55 bits per heavy atom. The molecule has 7 heteroatoms. The number of halogens is 1. The summed E-state index contributed by atoms with van der Waals surface area (Å²) in [5.41, 5.74) is 0.941. The molecule has 2 aromatic rings. The molecular formula is C15H21FN4OS. The molecule has 0 saturated heterocycles. The van der Waals surface area contributed by atoms with E-state index in [1.54, 1.807) is 12.3 Å². The van der Waals surface area contributed by atoms with E-state index in [1.807, 2.05) is 33.8 Å². The fourth-order valence-corrected chi connectivity index (χ4v) is 2.77. The Balaban J connectivity index is 2.15. The molecule has 0 bridgehead atoms. The summed E-state index contributed by atoms with van der Waals surface area (Å²) in [6, 6.07) is 3.62. The molecule has 2 heterocycles. The van der Waals surface area contributed by atoms with Gasteiger partial charge in [0.1, 0.15) is 0 Å². The normalized spacial score (nSPS) is 14.8. The molecule has 2 rings (SSSR count). The Labute approximate surface area is 132 Å². The molecule has 0 spiro atoms. The van der Waals surface area contributed by atoms with Crippen LogP contribution in [-0.2, 0) is 11.0 Å². The van der Waals surface area contributed by atoms with Gasteiger partial charge in [0.25, 0.3) is 0 Å². The van der Waals surface area contributed by atoms with Crippen molar-refractivity contribution in [3.8, 4) is 5.82 Å². The van der Waals surface area contributed by atoms with Gasteiger partial charge in [0.2, 0.25) is 0 Å². The number of nitrogens with one attached hydrogen (secondary N) is 1. The Hall–Kier alpha value is -1.60. The zero-order valence-electron chi connectivity index (χ0n) is 13.2. The van der Waals surface area contributed by atoms with Gasteiger partial charge in [0.05, 0.1) is 28.1 Å². The quantitative estimate of drug-likeness (QED) is 0.920. The second kappa shape index (κ2) is 6.66. The van der Waals surface area contributed by atoms with Crippen molar-refractivity contribution >= 4 is 11.0 Å². The molecule has 2 aromatic heterocycles. The number of hydrogen-bond acceptors (Lipinski definition) is 3. The van der Waals surface area contributed by atoms with Crippen LogP contribution in [0.3, 0.4) is 0 Å². The maximum atomic E-state index is 13.0. The standard InChI is InChI=1S/C15H21FN4OS/c1-5-13(19-22(21)15(2,3)4)11-6-7-14(17-8-11)20-10-12(16)9-18-20/h6-10,13,19H,5H2,1-4H3/t13-,22?/m0/s1. The lowest BCUT2D eigenvalue weighted by Crippen LogP contribution is -2.35. The lowest BCUT2D eigenvalue weighted by Gasteiger charge is -2.23. The van der Waals surface area contributed by atoms with E-state index in [0.29, 0.717) is 5.82 Å². The maximum Gasteiger partial charge on any atom is 0.161 e. The van der Waals surface area contributed by atoms with Crippen LogP contribution in [0.2, 0.25) is 0 Å². The molecule has 5 nitrogen and oxygen atoms in total. The minimum Gasteiger partial charge on any atom is -0.242 e. The van der Waals surface area contributed by atoms with E-state index in [1.165, 1.54) is 10.9 Å². The van der Waals surface area contributed by atoms with E-state index >= 15 is 0 Å². The molecule has 0 aliphatic rings. The minimum atomic E-state index is -1.15. The van der Waals surface area contributed by atoms with Gasteiger partial charge in [-0.3, -0.25) is 0 Å². The average Bonchev–Trinajstić information content (AvgIpc) is 2.90. The molecule has 0 saturated carbocycles. The summed E-state index contributed by atoms with van der Waals surface area (Å²) in [7, 11) is -1.15. The minimum absolute atomic E-state index is 0.0454. The summed E-state index contributed by atoms with van der Waals surface area (Å²) in [6.45, 7) is 7.80. The van der Waals surface area contributed by atoms with Crippen LogP contribution in [0.5, 0.6) is 0 Å².